The molecule has 1 N–H and O–H groups in total. The quantitative estimate of drug-likeness (QED) is 0.313. The number of benzene rings is 2. The maximum Gasteiger partial charge on any atom is 0.174 e. The number of nitrogens with zero attached hydrogens (tertiary/aromatic N) is 2. The first-order valence-electron chi connectivity index (χ1n) is 10.2. The van der Waals surface area contributed by atoms with Crippen molar-refractivity contribution in [1.82, 2.24) is 10.3 Å². The predicted octanol–water partition coefficient (Wildman–Crippen LogP) is 6.96. The molecule has 160 valence electrons. The minimum atomic E-state index is -0.189. The van der Waals surface area contributed by atoms with E-state index in [-0.39, 0.29) is 12.1 Å². The molecule has 1 saturated heterocycles. The molecule has 2 aromatic heterocycles. The highest BCUT2D eigenvalue weighted by Crippen LogP contribution is 2.43. The molecule has 5 rings (SSSR count). The van der Waals surface area contributed by atoms with E-state index in [2.05, 4.69) is 46.4 Å². The second-order valence-corrected chi connectivity index (χ2v) is 9.45. The lowest BCUT2D eigenvalue weighted by Gasteiger charge is -2.26. The average molecular weight is 478 g/mol. The number of anilines is 1. The van der Waals surface area contributed by atoms with Gasteiger partial charge in [-0.05, 0) is 79.8 Å². The number of hydrogen-bond acceptors (Lipinski definition) is 4. The molecular weight excluding hydrogens is 458 g/mol. The van der Waals surface area contributed by atoms with Gasteiger partial charge in [0.05, 0.1) is 11.7 Å². The zero-order valence-corrected chi connectivity index (χ0v) is 19.6. The van der Waals surface area contributed by atoms with Crippen molar-refractivity contribution in [2.75, 3.05) is 4.90 Å². The Hall–Kier alpha value is -2.80. The normalized spacial score (nSPS) is 18.1. The van der Waals surface area contributed by atoms with Crippen LogP contribution in [0.1, 0.15) is 29.1 Å². The third-order valence-corrected chi connectivity index (χ3v) is 6.83. The number of rotatable bonds is 5. The Morgan fingerprint density at radius 2 is 1.78 bits per heavy atom. The molecule has 0 aliphatic carbocycles. The maximum absolute atomic E-state index is 6.35. The smallest absolute Gasteiger partial charge is 0.174 e. The van der Waals surface area contributed by atoms with Crippen LogP contribution in [0.5, 0.6) is 0 Å². The zero-order chi connectivity index (χ0) is 22.1. The van der Waals surface area contributed by atoms with E-state index in [0.29, 0.717) is 10.1 Å². The molecule has 0 bridgehead atoms. The molecule has 0 spiro atoms. The van der Waals surface area contributed by atoms with Gasteiger partial charge in [-0.2, -0.15) is 0 Å². The van der Waals surface area contributed by atoms with Crippen LogP contribution in [0.4, 0.5) is 5.69 Å². The summed E-state index contributed by atoms with van der Waals surface area (Å²) >= 11 is 13.5. The summed E-state index contributed by atoms with van der Waals surface area (Å²) in [5.41, 5.74) is 3.08. The topological polar surface area (TPSA) is 41.3 Å². The third-order valence-electron chi connectivity index (χ3n) is 5.34. The van der Waals surface area contributed by atoms with Gasteiger partial charge in [-0.1, -0.05) is 47.1 Å². The summed E-state index contributed by atoms with van der Waals surface area (Å²) in [6.45, 7) is 2.08. The highest BCUT2D eigenvalue weighted by molar-refractivity contribution is 7.99. The van der Waals surface area contributed by atoms with Gasteiger partial charge in [0.1, 0.15) is 11.8 Å². The maximum atomic E-state index is 6.35. The molecule has 0 saturated carbocycles. The fraction of sp³-hybridized carbons (Fsp3) is 0.120. The second kappa shape index (κ2) is 8.98. The fourth-order valence-corrected chi connectivity index (χ4v) is 5.04. The monoisotopic (exact) mass is 477 g/mol. The molecular formula is C25H20ClN3OS2. The molecule has 1 fully saturated rings. The van der Waals surface area contributed by atoms with Crippen molar-refractivity contribution in [2.24, 2.45) is 0 Å². The predicted molar refractivity (Wildman–Crippen MR) is 133 cm³/mol. The van der Waals surface area contributed by atoms with E-state index < -0.39 is 0 Å². The summed E-state index contributed by atoms with van der Waals surface area (Å²) in [4.78, 5) is 7.78. The van der Waals surface area contributed by atoms with Crippen molar-refractivity contribution < 1.29 is 4.42 Å². The lowest BCUT2D eigenvalue weighted by molar-refractivity contribution is 0.383. The number of aryl methyl sites for hydroxylation is 1. The van der Waals surface area contributed by atoms with Gasteiger partial charge in [0, 0.05) is 21.8 Å². The lowest BCUT2D eigenvalue weighted by Crippen LogP contribution is -2.29. The molecule has 3 heterocycles. The largest absolute Gasteiger partial charge is 0.452 e. The van der Waals surface area contributed by atoms with E-state index >= 15 is 0 Å². The summed E-state index contributed by atoms with van der Waals surface area (Å²) in [5.74, 6) is 0.817. The van der Waals surface area contributed by atoms with Crippen molar-refractivity contribution in [3.63, 3.8) is 0 Å². The molecule has 4 nitrogen and oxygen atoms in total. The molecule has 0 unspecified atom stereocenters. The van der Waals surface area contributed by atoms with Crippen LogP contribution in [0.3, 0.4) is 0 Å². The van der Waals surface area contributed by atoms with E-state index in [1.165, 1.54) is 5.56 Å². The fourth-order valence-electron chi connectivity index (χ4n) is 3.79. The second-order valence-electron chi connectivity index (χ2n) is 7.54. The summed E-state index contributed by atoms with van der Waals surface area (Å²) < 4.78 is 6.35. The minimum Gasteiger partial charge on any atom is -0.452 e. The first kappa shape index (κ1) is 21.1. The van der Waals surface area contributed by atoms with Crippen LogP contribution >= 0.6 is 35.6 Å². The number of aromatic nitrogens is 1. The molecule has 1 aliphatic heterocycles. The highest BCUT2D eigenvalue weighted by atomic mass is 35.5. The van der Waals surface area contributed by atoms with Gasteiger partial charge in [0.2, 0.25) is 0 Å². The summed E-state index contributed by atoms with van der Waals surface area (Å²) in [5, 5.41) is 5.58. The SMILES string of the molecule is Cc1ccc(Sc2ccc([C@@H]3[C@H](c4ccccn4)NC(=S)N3c3ccc(Cl)cc3)o2)cc1. The van der Waals surface area contributed by atoms with E-state index in [9.17, 15) is 0 Å². The molecule has 0 radical (unpaired) electrons. The standard InChI is InChI=1S/C25H20ClN3OS2/c1-16-5-11-19(12-6-16)32-22-14-13-21(30-22)24-23(20-4-2-3-15-27-20)28-25(31)29(24)18-9-7-17(26)8-10-18/h2-15,23-24H,1H3,(H,28,31)/t23-,24+/m0/s1. The van der Waals surface area contributed by atoms with Gasteiger partial charge in [0.25, 0.3) is 0 Å². The first-order valence-corrected chi connectivity index (χ1v) is 11.8. The van der Waals surface area contributed by atoms with Crippen LogP contribution in [-0.4, -0.2) is 10.1 Å². The van der Waals surface area contributed by atoms with Crippen molar-refractivity contribution in [3.05, 3.63) is 107 Å². The average Bonchev–Trinajstić information content (AvgIpc) is 3.40. The minimum absolute atomic E-state index is 0.150. The Bertz CT molecular complexity index is 1230. The van der Waals surface area contributed by atoms with E-state index in [0.717, 1.165) is 27.1 Å². The number of pyridine rings is 1. The van der Waals surface area contributed by atoms with Crippen LogP contribution in [0.15, 0.2) is 99.5 Å². The van der Waals surface area contributed by atoms with Crippen LogP contribution in [-0.2, 0) is 0 Å². The summed E-state index contributed by atoms with van der Waals surface area (Å²) in [6.07, 6.45) is 1.79. The molecule has 4 aromatic rings. The van der Waals surface area contributed by atoms with Gasteiger partial charge in [-0.15, -0.1) is 0 Å². The van der Waals surface area contributed by atoms with Crippen molar-refractivity contribution in [2.45, 2.75) is 29.0 Å². The van der Waals surface area contributed by atoms with Crippen LogP contribution in [0, 0.1) is 6.92 Å². The Morgan fingerprint density at radius 1 is 1.00 bits per heavy atom. The third kappa shape index (κ3) is 4.26. The van der Waals surface area contributed by atoms with Gasteiger partial charge < -0.3 is 14.6 Å². The number of thiocarbonyl (C=S) groups is 1. The number of nitrogens with one attached hydrogen (secondary N) is 1. The Balaban J connectivity index is 1.52. The lowest BCUT2D eigenvalue weighted by atomic mass is 10.0. The van der Waals surface area contributed by atoms with Gasteiger partial charge in [-0.25, -0.2) is 0 Å². The van der Waals surface area contributed by atoms with Crippen molar-refractivity contribution >= 4 is 46.4 Å². The van der Waals surface area contributed by atoms with E-state index in [1.807, 2.05) is 54.6 Å². The van der Waals surface area contributed by atoms with Gasteiger partial charge >= 0.3 is 0 Å². The molecule has 0 amide bonds. The number of hydrogen-bond donors (Lipinski definition) is 1. The highest BCUT2D eigenvalue weighted by Gasteiger charge is 2.42. The number of furan rings is 1. The van der Waals surface area contributed by atoms with Crippen LogP contribution in [0.25, 0.3) is 0 Å². The van der Waals surface area contributed by atoms with Crippen molar-refractivity contribution in [3.8, 4) is 0 Å². The van der Waals surface area contributed by atoms with Gasteiger partial charge in [0.15, 0.2) is 10.2 Å². The van der Waals surface area contributed by atoms with E-state index in [1.54, 1.807) is 18.0 Å². The van der Waals surface area contributed by atoms with E-state index in [4.69, 9.17) is 28.2 Å². The molecule has 7 heteroatoms. The molecule has 2 aromatic carbocycles. The molecule has 32 heavy (non-hydrogen) atoms. The van der Waals surface area contributed by atoms with Crippen LogP contribution < -0.4 is 10.2 Å². The summed E-state index contributed by atoms with van der Waals surface area (Å²) in [6, 6.07) is 25.7. The molecule has 2 atom stereocenters. The van der Waals surface area contributed by atoms with Gasteiger partial charge in [-0.3, -0.25) is 4.98 Å². The van der Waals surface area contributed by atoms with Crippen molar-refractivity contribution in [1.29, 1.82) is 0 Å². The summed E-state index contributed by atoms with van der Waals surface area (Å²) in [7, 11) is 0. The first-order chi connectivity index (χ1) is 15.6. The Morgan fingerprint density at radius 3 is 2.50 bits per heavy atom. The zero-order valence-electron chi connectivity index (χ0n) is 17.2. The molecule has 1 aliphatic rings. The Kier molecular flexibility index (Phi) is 5.91. The number of halogens is 1. The van der Waals surface area contributed by atoms with Crippen LogP contribution in [0.2, 0.25) is 5.02 Å². The Labute approximate surface area is 201 Å².